The van der Waals surface area contributed by atoms with E-state index in [0.717, 1.165) is 29.5 Å². The summed E-state index contributed by atoms with van der Waals surface area (Å²) in [5.41, 5.74) is 0.0985. The van der Waals surface area contributed by atoms with Crippen molar-refractivity contribution >= 4 is 5.91 Å². The Bertz CT molecular complexity index is 968. The average molecular weight is 411 g/mol. The third kappa shape index (κ3) is 4.90. The molecule has 2 aliphatic heterocycles. The predicted molar refractivity (Wildman–Crippen MR) is 115 cm³/mol. The molecule has 2 aromatic rings. The number of amides is 1. The molecule has 160 valence electrons. The van der Waals surface area contributed by atoms with Gasteiger partial charge in [-0.2, -0.15) is 0 Å². The van der Waals surface area contributed by atoms with E-state index in [0.29, 0.717) is 25.6 Å². The normalized spacial score (nSPS) is 18.1. The molecule has 0 unspecified atom stereocenters. The molecule has 1 amide bonds. The van der Waals surface area contributed by atoms with Crippen molar-refractivity contribution in [1.82, 2.24) is 18.9 Å². The first-order chi connectivity index (χ1) is 14.6. The van der Waals surface area contributed by atoms with Crippen molar-refractivity contribution in [3.63, 3.8) is 0 Å². The number of carbonyl (C=O) groups is 1. The first-order valence-corrected chi connectivity index (χ1v) is 10.9. The SMILES string of the molecule is O=C(Cn1c(=O)ccn(Cc2ccccc2)c1=O)N1CCC(CN2CCCC2)CC1. The van der Waals surface area contributed by atoms with Gasteiger partial charge in [0, 0.05) is 31.9 Å². The molecule has 2 aliphatic rings. The number of carbonyl (C=O) groups excluding carboxylic acids is 1. The summed E-state index contributed by atoms with van der Waals surface area (Å²) in [5.74, 6) is 0.487. The molecule has 0 spiro atoms. The number of benzene rings is 1. The molecule has 0 saturated carbocycles. The van der Waals surface area contributed by atoms with Crippen molar-refractivity contribution in [1.29, 1.82) is 0 Å². The van der Waals surface area contributed by atoms with Gasteiger partial charge in [-0.3, -0.25) is 18.7 Å². The van der Waals surface area contributed by atoms with Crippen LogP contribution in [0.2, 0.25) is 0 Å². The Hall–Kier alpha value is -2.67. The topological polar surface area (TPSA) is 67.5 Å². The molecule has 2 saturated heterocycles. The lowest BCUT2D eigenvalue weighted by Gasteiger charge is -2.34. The maximum atomic E-state index is 12.8. The summed E-state index contributed by atoms with van der Waals surface area (Å²) in [5, 5.41) is 0. The quantitative estimate of drug-likeness (QED) is 0.722. The van der Waals surface area contributed by atoms with Gasteiger partial charge in [0.2, 0.25) is 5.91 Å². The summed E-state index contributed by atoms with van der Waals surface area (Å²) < 4.78 is 2.54. The van der Waals surface area contributed by atoms with Crippen LogP contribution < -0.4 is 11.2 Å². The maximum Gasteiger partial charge on any atom is 0.331 e. The first-order valence-electron chi connectivity index (χ1n) is 10.9. The van der Waals surface area contributed by atoms with Crippen molar-refractivity contribution in [3.8, 4) is 0 Å². The Morgan fingerprint density at radius 1 is 0.933 bits per heavy atom. The fourth-order valence-electron chi connectivity index (χ4n) is 4.53. The fraction of sp³-hybridized carbons (Fsp3) is 0.522. The molecule has 0 aliphatic carbocycles. The third-order valence-corrected chi connectivity index (χ3v) is 6.31. The number of likely N-dealkylation sites (tertiary alicyclic amines) is 2. The summed E-state index contributed by atoms with van der Waals surface area (Å²) in [6, 6.07) is 11.0. The molecule has 0 N–H and O–H groups in total. The van der Waals surface area contributed by atoms with Crippen molar-refractivity contribution < 1.29 is 4.79 Å². The van der Waals surface area contributed by atoms with E-state index in [9.17, 15) is 14.4 Å². The van der Waals surface area contributed by atoms with Gasteiger partial charge in [-0.1, -0.05) is 30.3 Å². The van der Waals surface area contributed by atoms with Gasteiger partial charge in [0.25, 0.3) is 5.56 Å². The Labute approximate surface area is 176 Å². The predicted octanol–water partition coefficient (Wildman–Crippen LogP) is 1.39. The highest BCUT2D eigenvalue weighted by Crippen LogP contribution is 2.20. The highest BCUT2D eigenvalue weighted by molar-refractivity contribution is 5.76. The minimum Gasteiger partial charge on any atom is -0.341 e. The second-order valence-electron chi connectivity index (χ2n) is 8.47. The Balaban J connectivity index is 1.38. The van der Waals surface area contributed by atoms with Crippen molar-refractivity contribution in [2.24, 2.45) is 5.92 Å². The number of piperidine rings is 1. The second-order valence-corrected chi connectivity index (χ2v) is 8.47. The molecule has 0 atom stereocenters. The minimum atomic E-state index is -0.441. The zero-order valence-electron chi connectivity index (χ0n) is 17.4. The van der Waals surface area contributed by atoms with E-state index in [-0.39, 0.29) is 12.5 Å². The van der Waals surface area contributed by atoms with Crippen LogP contribution in [0.4, 0.5) is 0 Å². The lowest BCUT2D eigenvalue weighted by atomic mass is 9.96. The second kappa shape index (κ2) is 9.43. The van der Waals surface area contributed by atoms with E-state index in [4.69, 9.17) is 0 Å². The van der Waals surface area contributed by atoms with Crippen LogP contribution in [-0.2, 0) is 17.9 Å². The van der Waals surface area contributed by atoms with Gasteiger partial charge in [0.15, 0.2) is 0 Å². The molecule has 0 bridgehead atoms. The van der Waals surface area contributed by atoms with Gasteiger partial charge in [-0.05, 0) is 50.3 Å². The standard InChI is InChI=1S/C23H30N4O3/c28-21-10-15-26(17-19-6-2-1-3-7-19)23(30)27(21)18-22(29)25-13-8-20(9-14-25)16-24-11-4-5-12-24/h1-3,6-7,10,15,20H,4-5,8-9,11-14,16-18H2. The smallest absolute Gasteiger partial charge is 0.331 e. The van der Waals surface area contributed by atoms with Gasteiger partial charge < -0.3 is 9.80 Å². The van der Waals surface area contributed by atoms with E-state index in [1.165, 1.54) is 42.8 Å². The maximum absolute atomic E-state index is 12.8. The van der Waals surface area contributed by atoms with E-state index in [1.54, 1.807) is 4.90 Å². The van der Waals surface area contributed by atoms with Gasteiger partial charge in [-0.25, -0.2) is 4.79 Å². The number of rotatable bonds is 6. The average Bonchev–Trinajstić information content (AvgIpc) is 3.27. The summed E-state index contributed by atoms with van der Waals surface area (Å²) in [6.45, 7) is 5.12. The van der Waals surface area contributed by atoms with Gasteiger partial charge >= 0.3 is 5.69 Å². The monoisotopic (exact) mass is 410 g/mol. The Morgan fingerprint density at radius 3 is 2.33 bits per heavy atom. The highest BCUT2D eigenvalue weighted by Gasteiger charge is 2.25. The van der Waals surface area contributed by atoms with Crippen molar-refractivity contribution in [2.45, 2.75) is 38.8 Å². The van der Waals surface area contributed by atoms with E-state index < -0.39 is 11.2 Å². The summed E-state index contributed by atoms with van der Waals surface area (Å²) in [6.07, 6.45) is 6.08. The number of nitrogens with zero attached hydrogens (tertiary/aromatic N) is 4. The summed E-state index contributed by atoms with van der Waals surface area (Å²) >= 11 is 0. The van der Waals surface area contributed by atoms with E-state index in [1.807, 2.05) is 30.3 Å². The summed E-state index contributed by atoms with van der Waals surface area (Å²) in [7, 11) is 0. The number of hydrogen-bond donors (Lipinski definition) is 0. The summed E-state index contributed by atoms with van der Waals surface area (Å²) in [4.78, 5) is 42.2. The molecule has 1 aromatic carbocycles. The van der Waals surface area contributed by atoms with Crippen LogP contribution in [0.15, 0.2) is 52.2 Å². The van der Waals surface area contributed by atoms with Crippen LogP contribution in [0.5, 0.6) is 0 Å². The molecular weight excluding hydrogens is 380 g/mol. The zero-order chi connectivity index (χ0) is 20.9. The molecule has 0 radical (unpaired) electrons. The first kappa shape index (κ1) is 20.6. The fourth-order valence-corrected chi connectivity index (χ4v) is 4.53. The Morgan fingerprint density at radius 2 is 1.63 bits per heavy atom. The van der Waals surface area contributed by atoms with Crippen LogP contribution in [0.3, 0.4) is 0 Å². The molecule has 4 rings (SSSR count). The molecule has 7 nitrogen and oxygen atoms in total. The highest BCUT2D eigenvalue weighted by atomic mass is 16.2. The molecule has 30 heavy (non-hydrogen) atoms. The molecule has 7 heteroatoms. The van der Waals surface area contributed by atoms with Crippen LogP contribution in [0.25, 0.3) is 0 Å². The van der Waals surface area contributed by atoms with Crippen LogP contribution in [-0.4, -0.2) is 57.6 Å². The minimum absolute atomic E-state index is 0.147. The lowest BCUT2D eigenvalue weighted by molar-refractivity contribution is -0.133. The van der Waals surface area contributed by atoms with Crippen molar-refractivity contribution in [2.75, 3.05) is 32.7 Å². The number of aromatic nitrogens is 2. The van der Waals surface area contributed by atoms with Crippen LogP contribution in [0.1, 0.15) is 31.2 Å². The molecule has 1 aromatic heterocycles. The van der Waals surface area contributed by atoms with Gasteiger partial charge in [-0.15, -0.1) is 0 Å². The molecule has 2 fully saturated rings. The molecular formula is C23H30N4O3. The van der Waals surface area contributed by atoms with Gasteiger partial charge in [0.05, 0.1) is 6.54 Å². The largest absolute Gasteiger partial charge is 0.341 e. The zero-order valence-corrected chi connectivity index (χ0v) is 17.4. The van der Waals surface area contributed by atoms with Gasteiger partial charge in [0.1, 0.15) is 6.54 Å². The van der Waals surface area contributed by atoms with E-state index in [2.05, 4.69) is 4.90 Å². The molecule has 3 heterocycles. The van der Waals surface area contributed by atoms with Crippen molar-refractivity contribution in [3.05, 3.63) is 69.0 Å². The van der Waals surface area contributed by atoms with Crippen LogP contribution in [0, 0.1) is 5.92 Å². The van der Waals surface area contributed by atoms with E-state index >= 15 is 0 Å². The van der Waals surface area contributed by atoms with Crippen LogP contribution >= 0.6 is 0 Å². The third-order valence-electron chi connectivity index (χ3n) is 6.31. The Kier molecular flexibility index (Phi) is 6.47. The number of hydrogen-bond acceptors (Lipinski definition) is 4. The lowest BCUT2D eigenvalue weighted by Crippen LogP contribution is -2.47.